The molecule has 1 amide bonds. The van der Waals surface area contributed by atoms with Crippen LogP contribution < -0.4 is 0 Å². The number of sulfonamides is 1. The number of nitrogens with zero attached hydrogens (tertiary/aromatic N) is 2. The summed E-state index contributed by atoms with van der Waals surface area (Å²) in [6.45, 7) is -2.71. The van der Waals surface area contributed by atoms with Gasteiger partial charge in [-0.2, -0.15) is 78.9 Å². The van der Waals surface area contributed by atoms with Crippen LogP contribution in [0.3, 0.4) is 0 Å². The van der Waals surface area contributed by atoms with Crippen molar-refractivity contribution in [2.24, 2.45) is 0 Å². The summed E-state index contributed by atoms with van der Waals surface area (Å²) in [5, 5.41) is -7.59. The largest absolute Gasteiger partial charge is 0.460 e. The van der Waals surface area contributed by atoms with E-state index in [9.17, 15) is 87.8 Å². The van der Waals surface area contributed by atoms with E-state index in [-0.39, 0.29) is 6.42 Å². The van der Waals surface area contributed by atoms with E-state index < -0.39 is 93.4 Å². The first-order valence-electron chi connectivity index (χ1n) is 10.9. The number of piperazine rings is 1. The van der Waals surface area contributed by atoms with E-state index in [1.165, 1.54) is 0 Å². The molecular formula is C18H19F17N2O3S. The smallest absolute Gasteiger partial charge is 0.340 e. The van der Waals surface area contributed by atoms with E-state index in [1.807, 2.05) is 0 Å². The summed E-state index contributed by atoms with van der Waals surface area (Å²) in [5.41, 5.74) is 0. The molecule has 0 aromatic carbocycles. The molecule has 0 spiro atoms. The van der Waals surface area contributed by atoms with Crippen LogP contribution in [0, 0.1) is 0 Å². The van der Waals surface area contributed by atoms with Gasteiger partial charge in [-0.25, -0.2) is 8.42 Å². The first-order valence-corrected chi connectivity index (χ1v) is 12.4. The summed E-state index contributed by atoms with van der Waals surface area (Å²) in [5.74, 6) is -52.5. The van der Waals surface area contributed by atoms with Crippen molar-refractivity contribution in [3.8, 4) is 0 Å². The van der Waals surface area contributed by atoms with Crippen LogP contribution in [-0.4, -0.2) is 96.7 Å². The van der Waals surface area contributed by atoms with Crippen molar-refractivity contribution in [1.82, 2.24) is 9.21 Å². The van der Waals surface area contributed by atoms with Crippen LogP contribution in [-0.2, 0) is 14.8 Å². The van der Waals surface area contributed by atoms with E-state index in [0.29, 0.717) is 19.3 Å². The van der Waals surface area contributed by atoms with Gasteiger partial charge >= 0.3 is 47.0 Å². The summed E-state index contributed by atoms with van der Waals surface area (Å²) < 4.78 is 251. The summed E-state index contributed by atoms with van der Waals surface area (Å²) in [6.07, 6.45) is -6.55. The van der Waals surface area contributed by atoms with Crippen molar-refractivity contribution in [3.05, 3.63) is 0 Å². The molecule has 1 aliphatic rings. The number of rotatable bonds is 12. The van der Waals surface area contributed by atoms with Gasteiger partial charge in [0, 0.05) is 32.6 Å². The Bertz CT molecular complexity index is 1050. The normalized spacial score (nSPS) is 18.1. The van der Waals surface area contributed by atoms with Crippen LogP contribution in [0.25, 0.3) is 0 Å². The SMILES string of the molecule is CCCCCC(=O)N1CCN(S(=O)(=O)C(F)(F)C(F)(F)C(F)(F)C(F)(F)C(F)(F)C(F)(F)C(F)(F)C(F)(F)F)CC1. The maximum absolute atomic E-state index is 14.3. The van der Waals surface area contributed by atoms with Crippen LogP contribution in [0.15, 0.2) is 0 Å². The van der Waals surface area contributed by atoms with Gasteiger partial charge in [0.2, 0.25) is 5.91 Å². The molecule has 0 aliphatic carbocycles. The summed E-state index contributed by atoms with van der Waals surface area (Å²) in [4.78, 5) is 12.8. The molecule has 0 aromatic heterocycles. The molecule has 1 rings (SSSR count). The van der Waals surface area contributed by atoms with Gasteiger partial charge in [-0.3, -0.25) is 4.79 Å². The molecular weight excluding hydrogens is 647 g/mol. The van der Waals surface area contributed by atoms with Gasteiger partial charge < -0.3 is 4.90 Å². The van der Waals surface area contributed by atoms with Crippen molar-refractivity contribution in [1.29, 1.82) is 0 Å². The van der Waals surface area contributed by atoms with Gasteiger partial charge in [0.15, 0.2) is 0 Å². The number of hydrogen-bond acceptors (Lipinski definition) is 3. The van der Waals surface area contributed by atoms with E-state index in [1.54, 1.807) is 6.92 Å². The van der Waals surface area contributed by atoms with Crippen LogP contribution in [0.2, 0.25) is 0 Å². The lowest BCUT2D eigenvalue weighted by atomic mass is 9.91. The van der Waals surface area contributed by atoms with E-state index >= 15 is 0 Å². The van der Waals surface area contributed by atoms with Crippen LogP contribution in [0.4, 0.5) is 74.6 Å². The maximum Gasteiger partial charge on any atom is 0.460 e. The monoisotopic (exact) mass is 666 g/mol. The zero-order valence-electron chi connectivity index (χ0n) is 20.1. The number of alkyl halides is 17. The van der Waals surface area contributed by atoms with Gasteiger partial charge in [-0.05, 0) is 6.42 Å². The number of unbranched alkanes of at least 4 members (excludes halogenated alkanes) is 2. The third-order valence-corrected chi connectivity index (χ3v) is 7.89. The fourth-order valence-corrected chi connectivity index (χ4v) is 4.76. The average molecular weight is 666 g/mol. The van der Waals surface area contributed by atoms with Crippen molar-refractivity contribution in [2.45, 2.75) is 79.6 Å². The quantitative estimate of drug-likeness (QED) is 0.190. The number of amides is 1. The second kappa shape index (κ2) is 11.0. The Hall–Kier alpha value is -1.81. The molecule has 0 saturated carbocycles. The summed E-state index contributed by atoms with van der Waals surface area (Å²) >= 11 is 0. The molecule has 0 aromatic rings. The van der Waals surface area contributed by atoms with Crippen LogP contribution in [0.5, 0.6) is 0 Å². The van der Waals surface area contributed by atoms with Crippen molar-refractivity contribution in [2.75, 3.05) is 26.2 Å². The van der Waals surface area contributed by atoms with Gasteiger partial charge in [-0.15, -0.1) is 0 Å². The topological polar surface area (TPSA) is 57.7 Å². The summed E-state index contributed by atoms with van der Waals surface area (Å²) in [6, 6.07) is 0. The Morgan fingerprint density at radius 3 is 1.32 bits per heavy atom. The Kier molecular flexibility index (Phi) is 10.0. The third-order valence-electron chi connectivity index (χ3n) is 5.94. The molecule has 5 nitrogen and oxygen atoms in total. The van der Waals surface area contributed by atoms with Crippen molar-refractivity contribution < 1.29 is 87.8 Å². The molecule has 41 heavy (non-hydrogen) atoms. The van der Waals surface area contributed by atoms with Crippen molar-refractivity contribution >= 4 is 15.9 Å². The lowest BCUT2D eigenvalue weighted by molar-refractivity contribution is -0.458. The first-order chi connectivity index (χ1) is 17.9. The molecule has 1 fully saturated rings. The number of carbonyl (C=O) groups excluding carboxylic acids is 1. The van der Waals surface area contributed by atoms with Crippen LogP contribution in [0.1, 0.15) is 32.6 Å². The molecule has 1 heterocycles. The minimum absolute atomic E-state index is 0.150. The van der Waals surface area contributed by atoms with E-state index in [2.05, 4.69) is 0 Å². The molecule has 1 aliphatic heterocycles. The Labute approximate surface area is 219 Å². The highest BCUT2D eigenvalue weighted by Crippen LogP contribution is 2.64. The zero-order chi connectivity index (χ0) is 32.9. The molecule has 23 heteroatoms. The fraction of sp³-hybridized carbons (Fsp3) is 0.944. The number of hydrogen-bond donors (Lipinski definition) is 0. The highest BCUT2D eigenvalue weighted by Gasteiger charge is 2.96. The van der Waals surface area contributed by atoms with Crippen LogP contribution >= 0.6 is 0 Å². The lowest BCUT2D eigenvalue weighted by Crippen LogP contribution is -2.75. The lowest BCUT2D eigenvalue weighted by Gasteiger charge is -2.43. The molecule has 0 N–H and O–H groups in total. The number of halogens is 17. The predicted molar refractivity (Wildman–Crippen MR) is 102 cm³/mol. The van der Waals surface area contributed by atoms with E-state index in [4.69, 9.17) is 0 Å². The maximum atomic E-state index is 14.3. The molecule has 0 radical (unpaired) electrons. The zero-order valence-corrected chi connectivity index (χ0v) is 20.9. The predicted octanol–water partition coefficient (Wildman–Crippen LogP) is 6.01. The van der Waals surface area contributed by atoms with Gasteiger partial charge in [0.05, 0.1) is 0 Å². The Balaban J connectivity index is 3.43. The highest BCUT2D eigenvalue weighted by atomic mass is 32.2. The molecule has 244 valence electrons. The van der Waals surface area contributed by atoms with Gasteiger partial charge in [0.1, 0.15) is 0 Å². The fourth-order valence-electron chi connectivity index (χ4n) is 3.34. The van der Waals surface area contributed by atoms with Gasteiger partial charge in [-0.1, -0.05) is 19.8 Å². The second-order valence-corrected chi connectivity index (χ2v) is 10.7. The molecule has 1 saturated heterocycles. The first kappa shape index (κ1) is 37.2. The minimum atomic E-state index is -8.87. The average Bonchev–Trinajstić information content (AvgIpc) is 2.82. The second-order valence-electron chi connectivity index (χ2n) is 8.70. The number of carbonyl (C=O) groups is 1. The third kappa shape index (κ3) is 5.52. The molecule has 0 atom stereocenters. The Morgan fingerprint density at radius 2 is 0.951 bits per heavy atom. The molecule has 0 bridgehead atoms. The van der Waals surface area contributed by atoms with Crippen molar-refractivity contribution in [3.63, 3.8) is 0 Å². The minimum Gasteiger partial charge on any atom is -0.340 e. The Morgan fingerprint density at radius 1 is 0.585 bits per heavy atom. The highest BCUT2D eigenvalue weighted by molar-refractivity contribution is 7.90. The molecule has 0 unspecified atom stereocenters. The summed E-state index contributed by atoms with van der Waals surface area (Å²) in [7, 11) is -7.33. The van der Waals surface area contributed by atoms with Gasteiger partial charge in [0.25, 0.3) is 10.0 Å². The standard InChI is InChI=1S/C18H19F17N2O3S/c1-2-3-4-5-10(38)36-6-8-37(9-7-36)41(39,40)18(34,35)16(29,30)14(25,26)12(21,22)11(19,20)13(23,24)15(27,28)17(31,32)33/h2-9H2,1H3. The van der Waals surface area contributed by atoms with E-state index in [0.717, 1.165) is 4.90 Å².